The highest BCUT2D eigenvalue weighted by Gasteiger charge is 2.32. The Balaban J connectivity index is 1.72. The number of nitrogens with one attached hydrogen (secondary N) is 2. The molecule has 0 radical (unpaired) electrons. The van der Waals surface area contributed by atoms with Gasteiger partial charge < -0.3 is 20.6 Å². The van der Waals surface area contributed by atoms with E-state index in [0.717, 1.165) is 0 Å². The molecule has 3 N–H and O–H groups in total. The molecule has 0 aliphatic carbocycles. The van der Waals surface area contributed by atoms with Gasteiger partial charge in [0.15, 0.2) is 0 Å². The Morgan fingerprint density at radius 1 is 1.42 bits per heavy atom. The van der Waals surface area contributed by atoms with Crippen molar-refractivity contribution in [3.8, 4) is 12.3 Å². The van der Waals surface area contributed by atoms with Gasteiger partial charge in [0.1, 0.15) is 11.4 Å². The summed E-state index contributed by atoms with van der Waals surface area (Å²) < 4.78 is 14.2. The first-order valence-corrected chi connectivity index (χ1v) is 7.78. The van der Waals surface area contributed by atoms with Gasteiger partial charge in [-0.15, -0.1) is 6.42 Å². The third-order valence-electron chi connectivity index (χ3n) is 4.51. The SMILES string of the molecule is C#CC1(O)CCN(C(=O)Nc2cc3c(cc2F)CCNC3=O)CC1. The summed E-state index contributed by atoms with van der Waals surface area (Å²) in [7, 11) is 0. The highest BCUT2D eigenvalue weighted by atomic mass is 19.1. The molecule has 1 saturated heterocycles. The van der Waals surface area contributed by atoms with Crippen LogP contribution in [0.2, 0.25) is 0 Å². The number of aliphatic hydroxyl groups is 1. The van der Waals surface area contributed by atoms with Crippen LogP contribution in [0.4, 0.5) is 14.9 Å². The number of rotatable bonds is 1. The number of urea groups is 1. The van der Waals surface area contributed by atoms with Crippen molar-refractivity contribution >= 4 is 17.6 Å². The number of hydrogen-bond donors (Lipinski definition) is 3. The molecule has 2 aliphatic rings. The summed E-state index contributed by atoms with van der Waals surface area (Å²) in [5, 5.41) is 15.2. The van der Waals surface area contributed by atoms with Gasteiger partial charge in [-0.3, -0.25) is 4.79 Å². The van der Waals surface area contributed by atoms with Gasteiger partial charge in [-0.1, -0.05) is 5.92 Å². The molecule has 1 aromatic carbocycles. The molecule has 2 aliphatic heterocycles. The number of hydrogen-bond acceptors (Lipinski definition) is 3. The highest BCUT2D eigenvalue weighted by Crippen LogP contribution is 2.25. The van der Waals surface area contributed by atoms with Crippen molar-refractivity contribution in [3.05, 3.63) is 29.1 Å². The number of anilines is 1. The molecule has 0 spiro atoms. The zero-order chi connectivity index (χ0) is 17.3. The monoisotopic (exact) mass is 331 g/mol. The Morgan fingerprint density at radius 3 is 2.79 bits per heavy atom. The Kier molecular flexibility index (Phi) is 4.16. The van der Waals surface area contributed by atoms with E-state index >= 15 is 0 Å². The lowest BCUT2D eigenvalue weighted by Gasteiger charge is -2.35. The molecule has 0 saturated carbocycles. The first-order chi connectivity index (χ1) is 11.4. The van der Waals surface area contributed by atoms with E-state index in [9.17, 15) is 19.1 Å². The van der Waals surface area contributed by atoms with E-state index in [4.69, 9.17) is 6.42 Å². The molecule has 1 aromatic rings. The Morgan fingerprint density at radius 2 is 2.12 bits per heavy atom. The summed E-state index contributed by atoms with van der Waals surface area (Å²) in [6, 6.07) is 2.17. The molecule has 7 heteroatoms. The maximum absolute atomic E-state index is 14.2. The third-order valence-corrected chi connectivity index (χ3v) is 4.51. The van der Waals surface area contributed by atoms with Gasteiger partial charge in [0, 0.05) is 38.0 Å². The fraction of sp³-hybridized carbons (Fsp3) is 0.412. The van der Waals surface area contributed by atoms with Crippen molar-refractivity contribution in [2.45, 2.75) is 24.9 Å². The molecular formula is C17H18FN3O3. The minimum Gasteiger partial charge on any atom is -0.377 e. The first-order valence-electron chi connectivity index (χ1n) is 7.78. The number of halogens is 1. The minimum absolute atomic E-state index is 0.0337. The van der Waals surface area contributed by atoms with Gasteiger partial charge in [0.2, 0.25) is 0 Å². The van der Waals surface area contributed by atoms with E-state index in [0.29, 0.717) is 24.1 Å². The summed E-state index contributed by atoms with van der Waals surface area (Å²) in [5.41, 5.74) is -0.218. The average molecular weight is 331 g/mol. The summed E-state index contributed by atoms with van der Waals surface area (Å²) in [4.78, 5) is 25.6. The number of nitrogens with zero attached hydrogens (tertiary/aromatic N) is 1. The van der Waals surface area contributed by atoms with Crippen LogP contribution < -0.4 is 10.6 Å². The summed E-state index contributed by atoms with van der Waals surface area (Å²) >= 11 is 0. The smallest absolute Gasteiger partial charge is 0.321 e. The van der Waals surface area contributed by atoms with Crippen LogP contribution in [-0.2, 0) is 6.42 Å². The molecular weight excluding hydrogens is 313 g/mol. The van der Waals surface area contributed by atoms with E-state index in [-0.39, 0.29) is 37.5 Å². The van der Waals surface area contributed by atoms with Crippen molar-refractivity contribution in [3.63, 3.8) is 0 Å². The van der Waals surface area contributed by atoms with Crippen LogP contribution in [0, 0.1) is 18.2 Å². The number of likely N-dealkylation sites (tertiary alicyclic amines) is 1. The van der Waals surface area contributed by atoms with Gasteiger partial charge in [0.05, 0.1) is 5.69 Å². The number of fused-ring (bicyclic) bond motifs is 1. The van der Waals surface area contributed by atoms with Gasteiger partial charge >= 0.3 is 6.03 Å². The second-order valence-corrected chi connectivity index (χ2v) is 6.09. The predicted octanol–water partition coefficient (Wildman–Crippen LogP) is 1.10. The Bertz CT molecular complexity index is 733. The van der Waals surface area contributed by atoms with E-state index in [1.807, 2.05) is 0 Å². The molecule has 1 fully saturated rings. The predicted molar refractivity (Wildman–Crippen MR) is 86.0 cm³/mol. The van der Waals surface area contributed by atoms with Gasteiger partial charge in [0.25, 0.3) is 5.91 Å². The van der Waals surface area contributed by atoms with Crippen LogP contribution in [0.15, 0.2) is 12.1 Å². The zero-order valence-corrected chi connectivity index (χ0v) is 13.1. The van der Waals surface area contributed by atoms with E-state index in [2.05, 4.69) is 16.6 Å². The van der Waals surface area contributed by atoms with Crippen molar-refractivity contribution in [2.24, 2.45) is 0 Å². The largest absolute Gasteiger partial charge is 0.377 e. The topological polar surface area (TPSA) is 81.7 Å². The van der Waals surface area contributed by atoms with Crippen LogP contribution in [0.1, 0.15) is 28.8 Å². The van der Waals surface area contributed by atoms with E-state index < -0.39 is 17.4 Å². The molecule has 3 amide bonds. The van der Waals surface area contributed by atoms with Crippen LogP contribution >= 0.6 is 0 Å². The molecule has 126 valence electrons. The molecule has 3 rings (SSSR count). The van der Waals surface area contributed by atoms with Gasteiger partial charge in [-0.2, -0.15) is 0 Å². The zero-order valence-electron chi connectivity index (χ0n) is 13.1. The van der Waals surface area contributed by atoms with Gasteiger partial charge in [-0.05, 0) is 24.1 Å². The lowest BCUT2D eigenvalue weighted by Crippen LogP contribution is -2.47. The number of piperidine rings is 1. The molecule has 0 atom stereocenters. The highest BCUT2D eigenvalue weighted by molar-refractivity contribution is 5.99. The van der Waals surface area contributed by atoms with E-state index in [1.165, 1.54) is 17.0 Å². The quantitative estimate of drug-likeness (QED) is 0.674. The first kappa shape index (κ1) is 16.3. The summed E-state index contributed by atoms with van der Waals surface area (Å²) in [6.07, 6.45) is 6.37. The lowest BCUT2D eigenvalue weighted by atomic mass is 9.93. The molecule has 6 nitrogen and oxygen atoms in total. The molecule has 2 heterocycles. The van der Waals surface area contributed by atoms with Crippen molar-refractivity contribution in [1.82, 2.24) is 10.2 Å². The van der Waals surface area contributed by atoms with Crippen LogP contribution in [0.5, 0.6) is 0 Å². The third kappa shape index (κ3) is 3.05. The second kappa shape index (κ2) is 6.13. The number of terminal acetylenes is 1. The number of carbonyl (C=O) groups is 2. The van der Waals surface area contributed by atoms with Crippen molar-refractivity contribution in [2.75, 3.05) is 25.0 Å². The normalized spacial score (nSPS) is 19.0. The molecule has 0 unspecified atom stereocenters. The maximum Gasteiger partial charge on any atom is 0.321 e. The fourth-order valence-corrected chi connectivity index (χ4v) is 2.95. The number of carbonyl (C=O) groups excluding carboxylic acids is 2. The van der Waals surface area contributed by atoms with E-state index in [1.54, 1.807) is 0 Å². The number of amides is 3. The summed E-state index contributed by atoms with van der Waals surface area (Å²) in [5.74, 6) is 1.48. The van der Waals surface area contributed by atoms with Crippen molar-refractivity contribution in [1.29, 1.82) is 0 Å². The second-order valence-electron chi connectivity index (χ2n) is 6.09. The van der Waals surface area contributed by atoms with Gasteiger partial charge in [-0.25, -0.2) is 9.18 Å². The fourth-order valence-electron chi connectivity index (χ4n) is 2.95. The Labute approximate surface area is 139 Å². The van der Waals surface area contributed by atoms with Crippen LogP contribution in [-0.4, -0.2) is 47.2 Å². The number of benzene rings is 1. The molecule has 0 bridgehead atoms. The van der Waals surface area contributed by atoms with Crippen LogP contribution in [0.25, 0.3) is 0 Å². The standard InChI is InChI=1S/C17H18FN3O3/c1-2-17(24)4-7-21(8-5-17)16(23)20-14-10-12-11(9-13(14)18)3-6-19-15(12)22/h1,9-10,24H,3-8H2,(H,19,22)(H,20,23). The lowest BCUT2D eigenvalue weighted by molar-refractivity contribution is 0.0398. The average Bonchev–Trinajstić information content (AvgIpc) is 2.57. The Hall–Kier alpha value is -2.59. The summed E-state index contributed by atoms with van der Waals surface area (Å²) in [6.45, 7) is 1.03. The molecule has 0 aromatic heterocycles. The van der Waals surface area contributed by atoms with Crippen LogP contribution in [0.3, 0.4) is 0 Å². The van der Waals surface area contributed by atoms with Crippen molar-refractivity contribution < 1.29 is 19.1 Å². The molecule has 24 heavy (non-hydrogen) atoms. The minimum atomic E-state index is -1.19. The maximum atomic E-state index is 14.2.